The predicted octanol–water partition coefficient (Wildman–Crippen LogP) is 4.80. The maximum Gasteiger partial charge on any atom is 0.192 e. The van der Waals surface area contributed by atoms with Gasteiger partial charge in [-0.1, -0.05) is 43.2 Å². The molecule has 0 N–H and O–H groups in total. The number of aromatic nitrogens is 3. The minimum atomic E-state index is -0.278. The third kappa shape index (κ3) is 3.36. The number of carbonyl (C=O) groups excluding carboxylic acids is 1. The van der Waals surface area contributed by atoms with Gasteiger partial charge in [0, 0.05) is 12.5 Å². The number of halogens is 1. The number of hydrogen-bond donors (Lipinski definition) is 0. The summed E-state index contributed by atoms with van der Waals surface area (Å²) in [6, 6.07) is 7.02. The van der Waals surface area contributed by atoms with Gasteiger partial charge in [0.25, 0.3) is 0 Å². The van der Waals surface area contributed by atoms with Crippen LogP contribution in [0, 0.1) is 5.82 Å². The Balaban J connectivity index is 1.72. The second-order valence-corrected chi connectivity index (χ2v) is 8.08. The lowest BCUT2D eigenvalue weighted by Gasteiger charge is -2.22. The van der Waals surface area contributed by atoms with Crippen LogP contribution in [0.5, 0.6) is 0 Å². The van der Waals surface area contributed by atoms with E-state index in [-0.39, 0.29) is 11.1 Å². The van der Waals surface area contributed by atoms with Crippen LogP contribution in [0.1, 0.15) is 57.4 Å². The van der Waals surface area contributed by atoms with E-state index >= 15 is 0 Å². The number of carbonyl (C=O) groups is 1. The third-order valence-corrected chi connectivity index (χ3v) is 6.49. The Hall–Kier alpha value is -1.69. The first kappa shape index (κ1) is 16.8. The summed E-state index contributed by atoms with van der Waals surface area (Å²) >= 11 is 1.52. The van der Waals surface area contributed by atoms with Crippen LogP contribution in [0.25, 0.3) is 11.4 Å². The monoisotopic (exact) mass is 359 g/mol. The normalized spacial score (nSPS) is 21.8. The van der Waals surface area contributed by atoms with Crippen LogP contribution in [-0.2, 0) is 4.79 Å². The molecular weight excluding hydrogens is 337 g/mol. The fourth-order valence-electron chi connectivity index (χ4n) is 3.88. The molecule has 4 rings (SSSR count). The molecule has 0 unspecified atom stereocenters. The first-order valence-corrected chi connectivity index (χ1v) is 10.0. The molecule has 2 aromatic rings. The molecule has 0 aliphatic heterocycles. The van der Waals surface area contributed by atoms with E-state index in [1.165, 1.54) is 30.7 Å². The van der Waals surface area contributed by atoms with E-state index in [4.69, 9.17) is 0 Å². The Morgan fingerprint density at radius 1 is 1.04 bits per heavy atom. The van der Waals surface area contributed by atoms with Crippen molar-refractivity contribution >= 4 is 17.5 Å². The minimum Gasteiger partial charge on any atom is -0.299 e. The highest BCUT2D eigenvalue weighted by Crippen LogP contribution is 2.39. The molecule has 1 aromatic heterocycles. The fraction of sp³-hybridized carbons (Fsp3) is 0.526. The lowest BCUT2D eigenvalue weighted by molar-refractivity contribution is -0.119. The van der Waals surface area contributed by atoms with Crippen molar-refractivity contribution in [1.82, 2.24) is 14.8 Å². The van der Waals surface area contributed by atoms with Crippen molar-refractivity contribution < 1.29 is 9.18 Å². The fourth-order valence-corrected chi connectivity index (χ4v) is 5.10. The Bertz CT molecular complexity index is 770. The van der Waals surface area contributed by atoms with E-state index < -0.39 is 0 Å². The smallest absolute Gasteiger partial charge is 0.192 e. The molecule has 25 heavy (non-hydrogen) atoms. The van der Waals surface area contributed by atoms with E-state index in [1.54, 1.807) is 12.1 Å². The molecule has 0 bridgehead atoms. The van der Waals surface area contributed by atoms with E-state index in [1.807, 2.05) is 6.07 Å². The molecule has 2 aliphatic rings. The number of benzene rings is 1. The molecular formula is C19H22FN3OS. The zero-order valence-corrected chi connectivity index (χ0v) is 15.0. The third-order valence-electron chi connectivity index (χ3n) is 5.22. The second-order valence-electron chi connectivity index (χ2n) is 6.91. The van der Waals surface area contributed by atoms with E-state index in [2.05, 4.69) is 14.8 Å². The van der Waals surface area contributed by atoms with Crippen molar-refractivity contribution in [3.8, 4) is 11.4 Å². The molecule has 4 nitrogen and oxygen atoms in total. The molecule has 132 valence electrons. The van der Waals surface area contributed by atoms with Crippen LogP contribution in [0.15, 0.2) is 29.4 Å². The van der Waals surface area contributed by atoms with Crippen LogP contribution in [0.3, 0.4) is 0 Å². The van der Waals surface area contributed by atoms with Gasteiger partial charge in [0.15, 0.2) is 11.0 Å². The zero-order valence-electron chi connectivity index (χ0n) is 14.2. The average Bonchev–Trinajstić information content (AvgIpc) is 3.27. The molecule has 0 radical (unpaired) electrons. The minimum absolute atomic E-state index is 0.0356. The van der Waals surface area contributed by atoms with Crippen molar-refractivity contribution in [3.05, 3.63) is 30.1 Å². The number of hydrogen-bond acceptors (Lipinski definition) is 4. The highest BCUT2D eigenvalue weighted by atomic mass is 32.2. The van der Waals surface area contributed by atoms with Crippen molar-refractivity contribution in [2.24, 2.45) is 0 Å². The summed E-state index contributed by atoms with van der Waals surface area (Å²) < 4.78 is 16.4. The molecule has 2 aliphatic carbocycles. The molecule has 2 fully saturated rings. The number of ketones is 1. The Morgan fingerprint density at radius 2 is 1.80 bits per heavy atom. The van der Waals surface area contributed by atoms with Gasteiger partial charge in [-0.05, 0) is 37.8 Å². The predicted molar refractivity (Wildman–Crippen MR) is 96.0 cm³/mol. The van der Waals surface area contributed by atoms with E-state index in [0.29, 0.717) is 29.6 Å². The van der Waals surface area contributed by atoms with Gasteiger partial charge in [-0.2, -0.15) is 0 Å². The van der Waals surface area contributed by atoms with Gasteiger partial charge >= 0.3 is 0 Å². The summed E-state index contributed by atoms with van der Waals surface area (Å²) in [4.78, 5) is 12.2. The molecule has 0 amide bonds. The SMILES string of the molecule is O=C1CCCC[C@@H]1Sc1nnc(-c2ccccc2F)n1C1CCCC1. The largest absolute Gasteiger partial charge is 0.299 e. The van der Waals surface area contributed by atoms with E-state index in [9.17, 15) is 9.18 Å². The van der Waals surface area contributed by atoms with Crippen LogP contribution in [0.2, 0.25) is 0 Å². The molecule has 0 saturated heterocycles. The summed E-state index contributed by atoms with van der Waals surface area (Å²) in [6.45, 7) is 0. The second kappa shape index (κ2) is 7.28. The summed E-state index contributed by atoms with van der Waals surface area (Å²) in [6.07, 6.45) is 8.10. The lowest BCUT2D eigenvalue weighted by atomic mass is 9.99. The molecule has 1 heterocycles. The Labute approximate surface area is 151 Å². The van der Waals surface area contributed by atoms with Gasteiger partial charge in [0.1, 0.15) is 11.6 Å². The standard InChI is InChI=1S/C19H22FN3OS/c20-15-10-4-3-9-14(15)18-21-22-19(23(18)13-7-1-2-8-13)25-17-12-6-5-11-16(17)24/h3-4,9-10,13,17H,1-2,5-8,11-12H2/t17-/m0/s1. The van der Waals surface area contributed by atoms with Gasteiger partial charge in [0.2, 0.25) is 0 Å². The molecule has 2 saturated carbocycles. The first-order chi connectivity index (χ1) is 12.2. The zero-order chi connectivity index (χ0) is 17.2. The quantitative estimate of drug-likeness (QED) is 0.786. The summed E-state index contributed by atoms with van der Waals surface area (Å²) in [5.41, 5.74) is 0.490. The highest BCUT2D eigenvalue weighted by Gasteiger charge is 2.30. The van der Waals surface area contributed by atoms with Crippen LogP contribution in [-0.4, -0.2) is 25.8 Å². The summed E-state index contributed by atoms with van der Waals surface area (Å²) in [7, 11) is 0. The average molecular weight is 359 g/mol. The van der Waals surface area contributed by atoms with Crippen LogP contribution >= 0.6 is 11.8 Å². The van der Waals surface area contributed by atoms with Gasteiger partial charge in [0.05, 0.1) is 10.8 Å². The topological polar surface area (TPSA) is 47.8 Å². The lowest BCUT2D eigenvalue weighted by Crippen LogP contribution is -2.22. The Morgan fingerprint density at radius 3 is 2.56 bits per heavy atom. The van der Waals surface area contributed by atoms with E-state index in [0.717, 1.165) is 37.3 Å². The van der Waals surface area contributed by atoms with Crippen molar-refractivity contribution in [3.63, 3.8) is 0 Å². The number of rotatable bonds is 4. The molecule has 1 atom stereocenters. The Kier molecular flexibility index (Phi) is 4.88. The van der Waals surface area contributed by atoms with Gasteiger partial charge < -0.3 is 0 Å². The number of nitrogens with zero attached hydrogens (tertiary/aromatic N) is 3. The maximum atomic E-state index is 14.3. The van der Waals surface area contributed by atoms with Crippen molar-refractivity contribution in [1.29, 1.82) is 0 Å². The van der Waals surface area contributed by atoms with Crippen LogP contribution < -0.4 is 0 Å². The summed E-state index contributed by atoms with van der Waals surface area (Å²) in [5.74, 6) is 0.625. The molecule has 6 heteroatoms. The van der Waals surface area contributed by atoms with Crippen molar-refractivity contribution in [2.45, 2.75) is 67.8 Å². The molecule has 0 spiro atoms. The van der Waals surface area contributed by atoms with Crippen molar-refractivity contribution in [2.75, 3.05) is 0 Å². The van der Waals surface area contributed by atoms with Gasteiger partial charge in [-0.15, -0.1) is 10.2 Å². The van der Waals surface area contributed by atoms with Gasteiger partial charge in [-0.3, -0.25) is 9.36 Å². The number of Topliss-reactive ketones (excluding diaryl/α,β-unsaturated/α-hetero) is 1. The molecule has 1 aromatic carbocycles. The van der Waals surface area contributed by atoms with Gasteiger partial charge in [-0.25, -0.2) is 4.39 Å². The van der Waals surface area contributed by atoms with Crippen LogP contribution in [0.4, 0.5) is 4.39 Å². The maximum absolute atomic E-state index is 14.3. The highest BCUT2D eigenvalue weighted by molar-refractivity contribution is 8.00. The summed E-state index contributed by atoms with van der Waals surface area (Å²) in [5, 5.41) is 9.42. The number of thioether (sulfide) groups is 1. The first-order valence-electron chi connectivity index (χ1n) is 9.13.